The lowest BCUT2D eigenvalue weighted by Crippen LogP contribution is -2.06. The van der Waals surface area contributed by atoms with Gasteiger partial charge in [-0.15, -0.1) is 12.4 Å². The maximum Gasteiger partial charge on any atom is 0.118 e. The van der Waals surface area contributed by atoms with E-state index in [4.69, 9.17) is 16.7 Å². The topological polar surface area (TPSA) is 75.8 Å². The summed E-state index contributed by atoms with van der Waals surface area (Å²) < 4.78 is 0. The molecule has 1 atom stereocenters. The first-order chi connectivity index (χ1) is 5.24. The van der Waals surface area contributed by atoms with Crippen LogP contribution in [0.5, 0.6) is 0 Å². The first-order valence-electron chi connectivity index (χ1n) is 3.24. The van der Waals surface area contributed by atoms with Crippen molar-refractivity contribution in [3.05, 3.63) is 29.8 Å². The normalized spacial score (nSPS) is 11.0. The van der Waals surface area contributed by atoms with Crippen molar-refractivity contribution in [2.24, 2.45) is 5.73 Å². The highest BCUT2D eigenvalue weighted by Crippen LogP contribution is 2.11. The number of benzene rings is 1. The molecule has 0 aliphatic carbocycles. The molecule has 0 unspecified atom stereocenters. The molecule has 64 valence electrons. The zero-order valence-electron chi connectivity index (χ0n) is 6.40. The zero-order chi connectivity index (χ0) is 8.27. The lowest BCUT2D eigenvalue weighted by Gasteiger charge is -2.01. The molecule has 0 aliphatic heterocycles. The molecule has 0 aromatic heterocycles. The van der Waals surface area contributed by atoms with Gasteiger partial charge in [0, 0.05) is 5.69 Å². The Morgan fingerprint density at radius 1 is 1.25 bits per heavy atom. The second kappa shape index (κ2) is 4.60. The van der Waals surface area contributed by atoms with Crippen LogP contribution in [0.15, 0.2) is 24.3 Å². The molecular formula is C8H10ClN3. The van der Waals surface area contributed by atoms with Gasteiger partial charge in [0.2, 0.25) is 0 Å². The predicted molar refractivity (Wildman–Crippen MR) is 50.6 cm³/mol. The van der Waals surface area contributed by atoms with Gasteiger partial charge in [-0.05, 0) is 17.7 Å². The third-order valence-electron chi connectivity index (χ3n) is 1.43. The zero-order valence-corrected chi connectivity index (χ0v) is 7.21. The van der Waals surface area contributed by atoms with Crippen LogP contribution in [-0.2, 0) is 0 Å². The van der Waals surface area contributed by atoms with E-state index >= 15 is 0 Å². The van der Waals surface area contributed by atoms with Gasteiger partial charge in [-0.3, -0.25) is 0 Å². The van der Waals surface area contributed by atoms with E-state index in [-0.39, 0.29) is 12.4 Å². The Balaban J connectivity index is 0.00000121. The van der Waals surface area contributed by atoms with Crippen molar-refractivity contribution in [3.8, 4) is 6.07 Å². The predicted octanol–water partition coefficient (Wildman–Crippen LogP) is 1.21. The van der Waals surface area contributed by atoms with Gasteiger partial charge in [-0.2, -0.15) is 5.26 Å². The summed E-state index contributed by atoms with van der Waals surface area (Å²) in [6, 6.07) is 8.36. The van der Waals surface area contributed by atoms with Crippen molar-refractivity contribution in [3.63, 3.8) is 0 Å². The Morgan fingerprint density at radius 3 is 2.17 bits per heavy atom. The largest absolute Gasteiger partial charge is 0.399 e. The van der Waals surface area contributed by atoms with Crippen LogP contribution in [0.2, 0.25) is 0 Å². The highest BCUT2D eigenvalue weighted by atomic mass is 35.5. The van der Waals surface area contributed by atoms with Gasteiger partial charge >= 0.3 is 0 Å². The van der Waals surface area contributed by atoms with Crippen molar-refractivity contribution in [1.29, 1.82) is 5.26 Å². The standard InChI is InChI=1S/C8H9N3.ClH/c9-5-8(11)6-1-3-7(10)4-2-6;/h1-4,8H,10-11H2;1H/t8-;/m0./s1. The van der Waals surface area contributed by atoms with Crippen LogP contribution >= 0.6 is 12.4 Å². The lowest BCUT2D eigenvalue weighted by atomic mass is 10.1. The number of nitrogens with zero attached hydrogens (tertiary/aromatic N) is 1. The quantitative estimate of drug-likeness (QED) is 0.643. The van der Waals surface area contributed by atoms with E-state index in [1.54, 1.807) is 24.3 Å². The van der Waals surface area contributed by atoms with E-state index < -0.39 is 6.04 Å². The number of nitrogens with two attached hydrogens (primary N) is 2. The second-order valence-corrected chi connectivity index (χ2v) is 2.27. The molecule has 0 heterocycles. The minimum Gasteiger partial charge on any atom is -0.399 e. The van der Waals surface area contributed by atoms with Crippen LogP contribution in [0.4, 0.5) is 5.69 Å². The molecular weight excluding hydrogens is 174 g/mol. The summed E-state index contributed by atoms with van der Waals surface area (Å²) in [6.07, 6.45) is 0. The van der Waals surface area contributed by atoms with Crippen molar-refractivity contribution in [1.82, 2.24) is 0 Å². The third-order valence-corrected chi connectivity index (χ3v) is 1.43. The maximum absolute atomic E-state index is 8.45. The maximum atomic E-state index is 8.45. The third kappa shape index (κ3) is 2.42. The number of hydrogen-bond donors (Lipinski definition) is 2. The summed E-state index contributed by atoms with van der Waals surface area (Å²) >= 11 is 0. The number of nitriles is 1. The van der Waals surface area contributed by atoms with Gasteiger partial charge in [0.1, 0.15) is 6.04 Å². The van der Waals surface area contributed by atoms with Crippen LogP contribution in [0, 0.1) is 11.3 Å². The Hall–Kier alpha value is -1.24. The van der Waals surface area contributed by atoms with E-state index in [2.05, 4.69) is 0 Å². The lowest BCUT2D eigenvalue weighted by molar-refractivity contribution is 0.927. The fourth-order valence-electron chi connectivity index (χ4n) is 0.778. The monoisotopic (exact) mass is 183 g/mol. The SMILES string of the molecule is Cl.N#C[C@H](N)c1ccc(N)cc1. The van der Waals surface area contributed by atoms with Crippen molar-refractivity contribution >= 4 is 18.1 Å². The van der Waals surface area contributed by atoms with Gasteiger partial charge in [-0.1, -0.05) is 12.1 Å². The number of hydrogen-bond acceptors (Lipinski definition) is 3. The Morgan fingerprint density at radius 2 is 1.75 bits per heavy atom. The molecule has 0 bridgehead atoms. The average molecular weight is 184 g/mol. The van der Waals surface area contributed by atoms with Crippen LogP contribution in [0.1, 0.15) is 11.6 Å². The molecule has 4 heteroatoms. The second-order valence-electron chi connectivity index (χ2n) is 2.27. The molecule has 1 rings (SSSR count). The summed E-state index contributed by atoms with van der Waals surface area (Å²) in [5.74, 6) is 0. The molecule has 0 amide bonds. The molecule has 3 nitrogen and oxygen atoms in total. The summed E-state index contributed by atoms with van der Waals surface area (Å²) in [7, 11) is 0. The molecule has 4 N–H and O–H groups in total. The number of anilines is 1. The van der Waals surface area contributed by atoms with Gasteiger partial charge < -0.3 is 11.5 Å². The van der Waals surface area contributed by atoms with Gasteiger partial charge in [0.15, 0.2) is 0 Å². The Bertz CT molecular complexity index is 275. The van der Waals surface area contributed by atoms with Crippen molar-refractivity contribution in [2.75, 3.05) is 5.73 Å². The van der Waals surface area contributed by atoms with Gasteiger partial charge in [0.05, 0.1) is 6.07 Å². The smallest absolute Gasteiger partial charge is 0.118 e. The van der Waals surface area contributed by atoms with E-state index in [0.29, 0.717) is 5.69 Å². The van der Waals surface area contributed by atoms with Gasteiger partial charge in [-0.25, -0.2) is 0 Å². The summed E-state index contributed by atoms with van der Waals surface area (Å²) in [5.41, 5.74) is 12.4. The molecule has 0 aliphatic rings. The van der Waals surface area contributed by atoms with Crippen LogP contribution < -0.4 is 11.5 Å². The fourth-order valence-corrected chi connectivity index (χ4v) is 0.778. The van der Waals surface area contributed by atoms with Crippen molar-refractivity contribution in [2.45, 2.75) is 6.04 Å². The molecule has 1 aromatic rings. The molecule has 0 saturated carbocycles. The van der Waals surface area contributed by atoms with Crippen molar-refractivity contribution < 1.29 is 0 Å². The first kappa shape index (κ1) is 10.8. The van der Waals surface area contributed by atoms with Gasteiger partial charge in [0.25, 0.3) is 0 Å². The molecule has 1 aromatic carbocycles. The van der Waals surface area contributed by atoms with E-state index in [0.717, 1.165) is 5.56 Å². The van der Waals surface area contributed by atoms with Crippen LogP contribution in [0.25, 0.3) is 0 Å². The Labute approximate surface area is 77.4 Å². The molecule has 0 fully saturated rings. The van der Waals surface area contributed by atoms with E-state index in [1.165, 1.54) is 0 Å². The number of halogens is 1. The summed E-state index contributed by atoms with van der Waals surface area (Å²) in [4.78, 5) is 0. The molecule has 0 saturated heterocycles. The minimum atomic E-state index is -0.546. The number of nitrogen functional groups attached to an aromatic ring is 1. The fraction of sp³-hybridized carbons (Fsp3) is 0.125. The van der Waals surface area contributed by atoms with Crippen LogP contribution in [0.3, 0.4) is 0 Å². The summed E-state index contributed by atoms with van der Waals surface area (Å²) in [5, 5.41) is 8.45. The Kier molecular flexibility index (Phi) is 4.12. The molecule has 12 heavy (non-hydrogen) atoms. The molecule has 0 radical (unpaired) electrons. The first-order valence-corrected chi connectivity index (χ1v) is 3.24. The van der Waals surface area contributed by atoms with E-state index in [1.807, 2.05) is 6.07 Å². The van der Waals surface area contributed by atoms with E-state index in [9.17, 15) is 0 Å². The molecule has 0 spiro atoms. The highest BCUT2D eigenvalue weighted by molar-refractivity contribution is 5.85. The number of rotatable bonds is 1. The average Bonchev–Trinajstić information content (AvgIpc) is 2.05. The minimum absolute atomic E-state index is 0. The van der Waals surface area contributed by atoms with Crippen LogP contribution in [-0.4, -0.2) is 0 Å². The summed E-state index contributed by atoms with van der Waals surface area (Å²) in [6.45, 7) is 0. The highest BCUT2D eigenvalue weighted by Gasteiger charge is 2.01.